The molecule has 0 bridgehead atoms. The molecular formula is C28H28N2O2S. The number of imide groups is 1. The molecule has 0 saturated carbocycles. The second-order valence-electron chi connectivity index (χ2n) is 8.81. The molecule has 1 aliphatic heterocycles. The lowest BCUT2D eigenvalue weighted by Gasteiger charge is -2.17. The Bertz CT molecular complexity index is 1220. The highest BCUT2D eigenvalue weighted by molar-refractivity contribution is 8.04. The molecule has 3 aromatic carbocycles. The molecule has 1 N–H and O–H groups in total. The number of rotatable bonds is 6. The molecular weight excluding hydrogens is 428 g/mol. The van der Waals surface area contributed by atoms with Crippen LogP contribution in [0.5, 0.6) is 0 Å². The number of nitrogens with one attached hydrogen (secondary N) is 1. The third kappa shape index (κ3) is 4.88. The van der Waals surface area contributed by atoms with Crippen LogP contribution in [-0.2, 0) is 9.59 Å². The summed E-state index contributed by atoms with van der Waals surface area (Å²) in [4.78, 5) is 29.7. The Hall–Kier alpha value is -3.31. The lowest BCUT2D eigenvalue weighted by Crippen LogP contribution is -2.32. The summed E-state index contributed by atoms with van der Waals surface area (Å²) in [6, 6.07) is 21.7. The van der Waals surface area contributed by atoms with Crippen LogP contribution in [0.15, 0.2) is 82.2 Å². The van der Waals surface area contributed by atoms with Crippen molar-refractivity contribution in [2.24, 2.45) is 0 Å². The van der Waals surface area contributed by atoms with Gasteiger partial charge >= 0.3 is 0 Å². The SMILES string of the molecule is Cc1ccc(SC2=C(Nc3ccc(C(C)C)cc3)C(=O)N(c3cc(C)cc(C)c3)C2=O)cc1. The molecule has 0 fully saturated rings. The molecule has 2 amide bonds. The van der Waals surface area contributed by atoms with Gasteiger partial charge in [0.15, 0.2) is 0 Å². The number of anilines is 2. The number of hydrogen-bond acceptors (Lipinski definition) is 4. The van der Waals surface area contributed by atoms with Gasteiger partial charge in [-0.05, 0) is 79.8 Å². The van der Waals surface area contributed by atoms with Gasteiger partial charge in [0.05, 0.1) is 5.69 Å². The van der Waals surface area contributed by atoms with Crippen molar-refractivity contribution in [1.82, 2.24) is 0 Å². The van der Waals surface area contributed by atoms with E-state index >= 15 is 0 Å². The van der Waals surface area contributed by atoms with Gasteiger partial charge in [-0.25, -0.2) is 4.90 Å². The van der Waals surface area contributed by atoms with E-state index < -0.39 is 0 Å². The largest absolute Gasteiger partial charge is 0.350 e. The Balaban J connectivity index is 1.73. The fraction of sp³-hybridized carbons (Fsp3) is 0.214. The maximum absolute atomic E-state index is 13.5. The lowest BCUT2D eigenvalue weighted by atomic mass is 10.0. The smallest absolute Gasteiger partial charge is 0.283 e. The van der Waals surface area contributed by atoms with Gasteiger partial charge in [-0.15, -0.1) is 0 Å². The van der Waals surface area contributed by atoms with E-state index in [0.717, 1.165) is 27.3 Å². The van der Waals surface area contributed by atoms with E-state index in [1.165, 1.54) is 22.2 Å². The van der Waals surface area contributed by atoms with E-state index in [0.29, 0.717) is 22.2 Å². The van der Waals surface area contributed by atoms with Gasteiger partial charge < -0.3 is 5.32 Å². The third-order valence-electron chi connectivity index (χ3n) is 5.59. The Morgan fingerprint density at radius 3 is 1.94 bits per heavy atom. The molecule has 4 nitrogen and oxygen atoms in total. The van der Waals surface area contributed by atoms with Gasteiger partial charge in [0, 0.05) is 10.6 Å². The van der Waals surface area contributed by atoms with Crippen molar-refractivity contribution in [2.45, 2.75) is 45.4 Å². The number of carbonyl (C=O) groups excluding carboxylic acids is 2. The predicted octanol–water partition coefficient (Wildman–Crippen LogP) is 6.72. The van der Waals surface area contributed by atoms with E-state index in [4.69, 9.17) is 0 Å². The van der Waals surface area contributed by atoms with Gasteiger partial charge in [-0.1, -0.05) is 61.5 Å². The minimum absolute atomic E-state index is 0.307. The van der Waals surface area contributed by atoms with E-state index in [-0.39, 0.29) is 11.8 Å². The minimum atomic E-state index is -0.340. The maximum atomic E-state index is 13.5. The molecule has 4 rings (SSSR count). The maximum Gasteiger partial charge on any atom is 0.283 e. The summed E-state index contributed by atoms with van der Waals surface area (Å²) in [5, 5.41) is 3.24. The number of benzene rings is 3. The molecule has 0 saturated heterocycles. The highest BCUT2D eigenvalue weighted by Gasteiger charge is 2.40. The van der Waals surface area contributed by atoms with Gasteiger partial charge in [0.2, 0.25) is 0 Å². The summed E-state index contributed by atoms with van der Waals surface area (Å²) < 4.78 is 0. The van der Waals surface area contributed by atoms with Crippen molar-refractivity contribution >= 4 is 35.0 Å². The van der Waals surface area contributed by atoms with E-state index in [1.807, 2.05) is 87.5 Å². The summed E-state index contributed by atoms with van der Waals surface area (Å²) in [5.41, 5.74) is 6.04. The van der Waals surface area contributed by atoms with Crippen LogP contribution in [0.4, 0.5) is 11.4 Å². The molecule has 0 spiro atoms. The molecule has 0 aromatic heterocycles. The minimum Gasteiger partial charge on any atom is -0.350 e. The van der Waals surface area contributed by atoms with Crippen LogP contribution < -0.4 is 10.2 Å². The number of carbonyl (C=O) groups is 2. The monoisotopic (exact) mass is 456 g/mol. The first kappa shape index (κ1) is 22.9. The first-order valence-electron chi connectivity index (χ1n) is 11.1. The topological polar surface area (TPSA) is 49.4 Å². The number of hydrogen-bond donors (Lipinski definition) is 1. The van der Waals surface area contributed by atoms with Crippen LogP contribution in [-0.4, -0.2) is 11.8 Å². The summed E-state index contributed by atoms with van der Waals surface area (Å²) in [6.07, 6.45) is 0. The third-order valence-corrected chi connectivity index (χ3v) is 6.68. The normalized spacial score (nSPS) is 13.9. The molecule has 0 aliphatic carbocycles. The standard InChI is InChI=1S/C28H28N2O2S/c1-17(2)21-8-10-22(11-9-21)29-25-26(33-24-12-6-18(3)7-13-24)28(32)30(27(25)31)23-15-19(4)14-20(5)16-23/h6-17,29H,1-5H3. The lowest BCUT2D eigenvalue weighted by molar-refractivity contribution is -0.120. The fourth-order valence-corrected chi connectivity index (χ4v) is 4.78. The van der Waals surface area contributed by atoms with Crippen LogP contribution in [0, 0.1) is 20.8 Å². The first-order valence-corrected chi connectivity index (χ1v) is 11.9. The van der Waals surface area contributed by atoms with Crippen molar-refractivity contribution in [3.05, 3.63) is 99.6 Å². The van der Waals surface area contributed by atoms with Gasteiger partial charge in [-0.3, -0.25) is 9.59 Å². The first-order chi connectivity index (χ1) is 15.7. The molecule has 3 aromatic rings. The van der Waals surface area contributed by atoms with Gasteiger partial charge in [0.25, 0.3) is 11.8 Å². The van der Waals surface area contributed by atoms with Crippen LogP contribution in [0.25, 0.3) is 0 Å². The van der Waals surface area contributed by atoms with Crippen molar-refractivity contribution in [1.29, 1.82) is 0 Å². The van der Waals surface area contributed by atoms with E-state index in [1.54, 1.807) is 0 Å². The fourth-order valence-electron chi connectivity index (χ4n) is 3.85. The quantitative estimate of drug-likeness (QED) is 0.418. The van der Waals surface area contributed by atoms with Gasteiger partial charge in [0.1, 0.15) is 10.6 Å². The summed E-state index contributed by atoms with van der Waals surface area (Å²) in [7, 11) is 0. The second-order valence-corrected chi connectivity index (χ2v) is 9.90. The Morgan fingerprint density at radius 1 is 0.758 bits per heavy atom. The zero-order chi connectivity index (χ0) is 23.7. The number of aryl methyl sites for hydroxylation is 3. The highest BCUT2D eigenvalue weighted by atomic mass is 32.2. The zero-order valence-corrected chi connectivity index (χ0v) is 20.4. The van der Waals surface area contributed by atoms with Crippen molar-refractivity contribution in [2.75, 3.05) is 10.2 Å². The molecule has 33 heavy (non-hydrogen) atoms. The average molecular weight is 457 g/mol. The Labute approximate surface area is 199 Å². The van der Waals surface area contributed by atoms with Crippen LogP contribution >= 0.6 is 11.8 Å². The van der Waals surface area contributed by atoms with E-state index in [9.17, 15) is 9.59 Å². The number of amides is 2. The molecule has 0 radical (unpaired) electrons. The summed E-state index contributed by atoms with van der Waals surface area (Å²) in [5.74, 6) is -0.231. The van der Waals surface area contributed by atoms with E-state index in [2.05, 4.69) is 19.2 Å². The van der Waals surface area contributed by atoms with Gasteiger partial charge in [-0.2, -0.15) is 0 Å². The summed E-state index contributed by atoms with van der Waals surface area (Å²) in [6.45, 7) is 10.2. The number of thioether (sulfide) groups is 1. The molecule has 5 heteroatoms. The van der Waals surface area contributed by atoms with Crippen LogP contribution in [0.3, 0.4) is 0 Å². The molecule has 1 heterocycles. The predicted molar refractivity (Wildman–Crippen MR) is 137 cm³/mol. The molecule has 168 valence electrons. The molecule has 0 unspecified atom stereocenters. The second kappa shape index (κ2) is 9.28. The van der Waals surface area contributed by atoms with Crippen molar-refractivity contribution < 1.29 is 9.59 Å². The van der Waals surface area contributed by atoms with Crippen LogP contribution in [0.1, 0.15) is 42.0 Å². The Morgan fingerprint density at radius 2 is 1.36 bits per heavy atom. The molecule has 1 aliphatic rings. The number of nitrogens with zero attached hydrogens (tertiary/aromatic N) is 1. The highest BCUT2D eigenvalue weighted by Crippen LogP contribution is 2.38. The molecule has 0 atom stereocenters. The zero-order valence-electron chi connectivity index (χ0n) is 19.6. The van der Waals surface area contributed by atoms with Crippen molar-refractivity contribution in [3.8, 4) is 0 Å². The average Bonchev–Trinajstić information content (AvgIpc) is 2.99. The summed E-state index contributed by atoms with van der Waals surface area (Å²) >= 11 is 1.32. The Kier molecular flexibility index (Phi) is 6.43. The van der Waals surface area contributed by atoms with Crippen molar-refractivity contribution in [3.63, 3.8) is 0 Å². The van der Waals surface area contributed by atoms with Crippen LogP contribution in [0.2, 0.25) is 0 Å².